The monoisotopic (exact) mass is 545 g/mol. The van der Waals surface area contributed by atoms with Crippen LogP contribution in [0.4, 0.5) is 0 Å². The highest BCUT2D eigenvalue weighted by molar-refractivity contribution is 14.0. The van der Waals surface area contributed by atoms with Crippen LogP contribution < -0.4 is 10.6 Å². The van der Waals surface area contributed by atoms with E-state index in [9.17, 15) is 4.79 Å². The summed E-state index contributed by atoms with van der Waals surface area (Å²) in [6.45, 7) is 8.58. The van der Waals surface area contributed by atoms with E-state index in [2.05, 4.69) is 39.3 Å². The van der Waals surface area contributed by atoms with Crippen LogP contribution in [0.25, 0.3) is 0 Å². The Morgan fingerprint density at radius 3 is 2.61 bits per heavy atom. The molecule has 0 radical (unpaired) electrons. The Labute approximate surface area is 204 Å². The summed E-state index contributed by atoms with van der Waals surface area (Å²) in [5, 5.41) is 7.00. The van der Waals surface area contributed by atoms with Gasteiger partial charge < -0.3 is 20.0 Å². The molecule has 0 spiro atoms. The number of likely N-dealkylation sites (N-methyl/N-ethyl adjacent to an activating group) is 1. The normalized spacial score (nSPS) is 21.1. The smallest absolute Gasteiger partial charge is 0.225 e. The summed E-state index contributed by atoms with van der Waals surface area (Å²) in [7, 11) is 1.80. The van der Waals surface area contributed by atoms with Crippen LogP contribution >= 0.6 is 24.0 Å². The summed E-state index contributed by atoms with van der Waals surface area (Å²) in [4.78, 5) is 21.7. The number of aliphatic imine (C=N–C) groups is 1. The van der Waals surface area contributed by atoms with Crippen LogP contribution in [0.15, 0.2) is 27.8 Å². The van der Waals surface area contributed by atoms with Gasteiger partial charge >= 0.3 is 0 Å². The lowest BCUT2D eigenvalue weighted by atomic mass is 9.88. The minimum absolute atomic E-state index is 0. The first-order valence-corrected chi connectivity index (χ1v) is 11.7. The van der Waals surface area contributed by atoms with Crippen LogP contribution in [0.2, 0.25) is 0 Å². The largest absolute Gasteiger partial charge is 0.468 e. The molecule has 3 rings (SSSR count). The molecular weight excluding hydrogens is 505 g/mol. The molecule has 1 aliphatic carbocycles. The molecule has 2 aliphatic rings. The molecule has 2 unspecified atom stereocenters. The zero-order valence-electron chi connectivity index (χ0n) is 19.3. The van der Waals surface area contributed by atoms with Gasteiger partial charge in [0.15, 0.2) is 5.96 Å². The summed E-state index contributed by atoms with van der Waals surface area (Å²) in [6, 6.07) is 4.38. The van der Waals surface area contributed by atoms with Crippen LogP contribution in [0.1, 0.15) is 64.2 Å². The fourth-order valence-corrected chi connectivity index (χ4v) is 4.82. The number of amides is 1. The second-order valence-corrected chi connectivity index (χ2v) is 8.45. The fourth-order valence-electron chi connectivity index (χ4n) is 4.82. The van der Waals surface area contributed by atoms with E-state index in [4.69, 9.17) is 4.42 Å². The number of nitrogens with one attached hydrogen (secondary N) is 2. The number of carbonyl (C=O) groups is 1. The van der Waals surface area contributed by atoms with Gasteiger partial charge in [0.2, 0.25) is 5.91 Å². The van der Waals surface area contributed by atoms with Gasteiger partial charge in [-0.15, -0.1) is 24.0 Å². The molecule has 31 heavy (non-hydrogen) atoms. The van der Waals surface area contributed by atoms with E-state index < -0.39 is 0 Å². The Morgan fingerprint density at radius 1 is 1.26 bits per heavy atom. The predicted octanol–water partition coefficient (Wildman–Crippen LogP) is 3.63. The van der Waals surface area contributed by atoms with Gasteiger partial charge in [-0.25, -0.2) is 0 Å². The number of hydrogen-bond donors (Lipinski definition) is 2. The topological polar surface area (TPSA) is 73.1 Å². The third-order valence-electron chi connectivity index (χ3n) is 6.61. The molecular formula is C23H40IN5O2. The van der Waals surface area contributed by atoms with Crippen molar-refractivity contribution in [3.63, 3.8) is 0 Å². The Bertz CT molecular complexity index is 672. The van der Waals surface area contributed by atoms with Gasteiger partial charge in [0.25, 0.3) is 0 Å². The third-order valence-corrected chi connectivity index (χ3v) is 6.61. The SMILES string of the molecule is CCN(CC)C(CNC(=NC)NC1CCN(C(=O)C2CCCCC2)C1)c1ccco1.I. The maximum Gasteiger partial charge on any atom is 0.225 e. The van der Waals surface area contributed by atoms with Crippen molar-refractivity contribution in [2.45, 2.75) is 64.5 Å². The molecule has 1 saturated heterocycles. The summed E-state index contributed by atoms with van der Waals surface area (Å²) in [5.74, 6) is 2.36. The van der Waals surface area contributed by atoms with Crippen molar-refractivity contribution in [2.24, 2.45) is 10.9 Å². The molecule has 8 heteroatoms. The number of furan rings is 1. The van der Waals surface area contributed by atoms with Crippen LogP contribution in [-0.4, -0.2) is 67.5 Å². The van der Waals surface area contributed by atoms with Crippen molar-refractivity contribution in [3.8, 4) is 0 Å². The van der Waals surface area contributed by atoms with E-state index in [1.807, 2.05) is 12.1 Å². The van der Waals surface area contributed by atoms with Crippen LogP contribution in [0.3, 0.4) is 0 Å². The second-order valence-electron chi connectivity index (χ2n) is 8.45. The molecule has 176 valence electrons. The molecule has 1 aromatic rings. The first-order chi connectivity index (χ1) is 14.7. The zero-order valence-corrected chi connectivity index (χ0v) is 21.6. The fraction of sp³-hybridized carbons (Fsp3) is 0.739. The van der Waals surface area contributed by atoms with Crippen LogP contribution in [-0.2, 0) is 4.79 Å². The highest BCUT2D eigenvalue weighted by Crippen LogP contribution is 2.27. The van der Waals surface area contributed by atoms with Crippen molar-refractivity contribution in [1.29, 1.82) is 0 Å². The molecule has 1 aliphatic heterocycles. The number of hydrogen-bond acceptors (Lipinski definition) is 4. The number of guanidine groups is 1. The molecule has 1 aromatic heterocycles. The van der Waals surface area contributed by atoms with Crippen molar-refractivity contribution in [3.05, 3.63) is 24.2 Å². The van der Waals surface area contributed by atoms with Gasteiger partial charge in [-0.2, -0.15) is 0 Å². The number of rotatable bonds is 8. The molecule has 2 atom stereocenters. The number of likely N-dealkylation sites (tertiary alicyclic amines) is 1. The summed E-state index contributed by atoms with van der Waals surface area (Å²) in [5.41, 5.74) is 0. The van der Waals surface area contributed by atoms with Gasteiger partial charge in [-0.05, 0) is 44.5 Å². The minimum atomic E-state index is 0. The first-order valence-electron chi connectivity index (χ1n) is 11.7. The summed E-state index contributed by atoms with van der Waals surface area (Å²) in [6.07, 6.45) is 8.51. The number of carbonyl (C=O) groups excluding carboxylic acids is 1. The quantitative estimate of drug-likeness (QED) is 0.297. The van der Waals surface area contributed by atoms with Crippen molar-refractivity contribution >= 4 is 35.8 Å². The first kappa shape index (κ1) is 26.0. The number of halogens is 1. The number of nitrogens with zero attached hydrogens (tertiary/aromatic N) is 3. The predicted molar refractivity (Wildman–Crippen MR) is 136 cm³/mol. The Morgan fingerprint density at radius 2 is 2.00 bits per heavy atom. The Balaban J connectivity index is 0.00000341. The molecule has 0 bridgehead atoms. The molecule has 2 heterocycles. The van der Waals surface area contributed by atoms with E-state index in [0.717, 1.165) is 57.2 Å². The van der Waals surface area contributed by atoms with E-state index in [1.54, 1.807) is 13.3 Å². The lowest BCUT2D eigenvalue weighted by Gasteiger charge is -2.29. The standard InChI is InChI=1S/C23H39N5O2.HI/c1-4-27(5-2)20(21-12-9-15-30-21)16-25-23(24-3)26-19-13-14-28(17-19)22(29)18-10-7-6-8-11-18;/h9,12,15,18-20H,4-8,10-11,13-14,16-17H2,1-3H3,(H2,24,25,26);1H. The highest BCUT2D eigenvalue weighted by atomic mass is 127. The molecule has 1 saturated carbocycles. The summed E-state index contributed by atoms with van der Waals surface area (Å²) < 4.78 is 5.69. The van der Waals surface area contributed by atoms with Gasteiger partial charge in [0.1, 0.15) is 5.76 Å². The maximum atomic E-state index is 12.8. The van der Waals surface area contributed by atoms with Crippen molar-refractivity contribution < 1.29 is 9.21 Å². The van der Waals surface area contributed by atoms with Crippen molar-refractivity contribution in [2.75, 3.05) is 39.8 Å². The lowest BCUT2D eigenvalue weighted by Crippen LogP contribution is -2.48. The molecule has 0 aromatic carbocycles. The van der Waals surface area contributed by atoms with Crippen molar-refractivity contribution in [1.82, 2.24) is 20.4 Å². The van der Waals surface area contributed by atoms with E-state index in [-0.39, 0.29) is 42.0 Å². The third kappa shape index (κ3) is 7.10. The van der Waals surface area contributed by atoms with Crippen LogP contribution in [0, 0.1) is 5.92 Å². The molecule has 2 fully saturated rings. The Kier molecular flexibility index (Phi) is 11.1. The zero-order chi connectivity index (χ0) is 21.3. The Hall–Kier alpha value is -1.29. The van der Waals surface area contributed by atoms with Gasteiger partial charge in [-0.3, -0.25) is 14.7 Å². The van der Waals surface area contributed by atoms with E-state index >= 15 is 0 Å². The average molecular weight is 546 g/mol. The van der Waals surface area contributed by atoms with E-state index in [1.165, 1.54) is 19.3 Å². The average Bonchev–Trinajstić information content (AvgIpc) is 3.48. The van der Waals surface area contributed by atoms with E-state index in [0.29, 0.717) is 12.5 Å². The van der Waals surface area contributed by atoms with Gasteiger partial charge in [0, 0.05) is 38.6 Å². The maximum absolute atomic E-state index is 12.8. The van der Waals surface area contributed by atoms with Gasteiger partial charge in [0.05, 0.1) is 12.3 Å². The lowest BCUT2D eigenvalue weighted by molar-refractivity contribution is -0.135. The summed E-state index contributed by atoms with van der Waals surface area (Å²) >= 11 is 0. The molecule has 2 N–H and O–H groups in total. The molecule has 1 amide bonds. The molecule has 7 nitrogen and oxygen atoms in total. The van der Waals surface area contributed by atoms with Gasteiger partial charge in [-0.1, -0.05) is 33.1 Å². The second kappa shape index (κ2) is 13.3. The van der Waals surface area contributed by atoms with Crippen LogP contribution in [0.5, 0.6) is 0 Å². The highest BCUT2D eigenvalue weighted by Gasteiger charge is 2.32. The minimum Gasteiger partial charge on any atom is -0.468 e.